The summed E-state index contributed by atoms with van der Waals surface area (Å²) in [5.74, 6) is -1.95. The SMILES string of the molecule is CCC(=O)c1c[nH]c2cc(F)c(F)cc12. The van der Waals surface area contributed by atoms with E-state index in [1.807, 2.05) is 0 Å². The summed E-state index contributed by atoms with van der Waals surface area (Å²) < 4.78 is 25.8. The molecule has 4 heteroatoms. The maximum atomic E-state index is 13.0. The molecule has 2 aromatic rings. The van der Waals surface area contributed by atoms with Crippen LogP contribution in [-0.4, -0.2) is 10.8 Å². The zero-order chi connectivity index (χ0) is 11.0. The molecule has 15 heavy (non-hydrogen) atoms. The largest absolute Gasteiger partial charge is 0.360 e. The zero-order valence-corrected chi connectivity index (χ0v) is 8.10. The third-order valence-corrected chi connectivity index (χ3v) is 2.34. The molecule has 0 aliphatic rings. The summed E-state index contributed by atoms with van der Waals surface area (Å²) in [6.07, 6.45) is 1.82. The molecule has 1 heterocycles. The Morgan fingerprint density at radius 3 is 2.67 bits per heavy atom. The average Bonchev–Trinajstić information content (AvgIpc) is 2.61. The van der Waals surface area contributed by atoms with E-state index in [0.717, 1.165) is 12.1 Å². The highest BCUT2D eigenvalue weighted by Crippen LogP contribution is 2.22. The number of H-pyrrole nitrogens is 1. The summed E-state index contributed by atoms with van der Waals surface area (Å²) in [6.45, 7) is 1.72. The minimum atomic E-state index is -0.938. The summed E-state index contributed by atoms with van der Waals surface area (Å²) >= 11 is 0. The maximum absolute atomic E-state index is 13.0. The normalized spacial score (nSPS) is 10.9. The number of ketones is 1. The first-order valence-electron chi connectivity index (χ1n) is 4.62. The predicted molar refractivity (Wildman–Crippen MR) is 52.8 cm³/mol. The topological polar surface area (TPSA) is 32.9 Å². The van der Waals surface area contributed by atoms with Gasteiger partial charge in [-0.25, -0.2) is 8.78 Å². The van der Waals surface area contributed by atoms with Crippen LogP contribution >= 0.6 is 0 Å². The Balaban J connectivity index is 2.69. The highest BCUT2D eigenvalue weighted by Gasteiger charge is 2.13. The molecule has 0 saturated heterocycles. The van der Waals surface area contributed by atoms with E-state index in [0.29, 0.717) is 22.9 Å². The van der Waals surface area contributed by atoms with Crippen molar-refractivity contribution in [3.63, 3.8) is 0 Å². The number of Topliss-reactive ketones (excluding diaryl/α,β-unsaturated/α-hetero) is 1. The molecular formula is C11H9F2NO. The molecule has 0 bridgehead atoms. The molecule has 0 atom stereocenters. The lowest BCUT2D eigenvalue weighted by atomic mass is 10.1. The van der Waals surface area contributed by atoms with Crippen molar-refractivity contribution >= 4 is 16.7 Å². The third-order valence-electron chi connectivity index (χ3n) is 2.34. The fourth-order valence-corrected chi connectivity index (χ4v) is 1.54. The van der Waals surface area contributed by atoms with E-state index in [-0.39, 0.29) is 5.78 Å². The number of hydrogen-bond acceptors (Lipinski definition) is 1. The van der Waals surface area contributed by atoms with Crippen LogP contribution in [0.5, 0.6) is 0 Å². The first-order valence-corrected chi connectivity index (χ1v) is 4.62. The fourth-order valence-electron chi connectivity index (χ4n) is 1.54. The van der Waals surface area contributed by atoms with Crippen molar-refractivity contribution < 1.29 is 13.6 Å². The highest BCUT2D eigenvalue weighted by atomic mass is 19.2. The fraction of sp³-hybridized carbons (Fsp3) is 0.182. The molecule has 1 aromatic carbocycles. The first kappa shape index (κ1) is 9.83. The molecule has 1 N–H and O–H groups in total. The summed E-state index contributed by atoms with van der Waals surface area (Å²) in [6, 6.07) is 2.10. The maximum Gasteiger partial charge on any atom is 0.164 e. The van der Waals surface area contributed by atoms with Crippen LogP contribution in [0.4, 0.5) is 8.78 Å². The molecule has 0 aliphatic carbocycles. The number of aromatic nitrogens is 1. The van der Waals surface area contributed by atoms with Crippen LogP contribution in [0.15, 0.2) is 18.3 Å². The van der Waals surface area contributed by atoms with Gasteiger partial charge >= 0.3 is 0 Å². The van der Waals surface area contributed by atoms with Crippen LogP contribution in [0.25, 0.3) is 10.9 Å². The molecule has 78 valence electrons. The van der Waals surface area contributed by atoms with E-state index in [1.165, 1.54) is 6.20 Å². The van der Waals surface area contributed by atoms with Gasteiger partial charge in [-0.1, -0.05) is 6.92 Å². The van der Waals surface area contributed by atoms with E-state index in [4.69, 9.17) is 0 Å². The van der Waals surface area contributed by atoms with Crippen molar-refractivity contribution in [2.75, 3.05) is 0 Å². The molecule has 0 saturated carbocycles. The number of fused-ring (bicyclic) bond motifs is 1. The Morgan fingerprint density at radius 2 is 2.00 bits per heavy atom. The molecule has 0 radical (unpaired) electrons. The average molecular weight is 209 g/mol. The van der Waals surface area contributed by atoms with E-state index in [2.05, 4.69) is 4.98 Å². The summed E-state index contributed by atoms with van der Waals surface area (Å²) in [7, 11) is 0. The molecule has 0 amide bonds. The number of hydrogen-bond donors (Lipinski definition) is 1. The van der Waals surface area contributed by atoms with Crippen molar-refractivity contribution in [1.29, 1.82) is 0 Å². The van der Waals surface area contributed by atoms with Gasteiger partial charge in [0, 0.05) is 35.2 Å². The number of halogens is 2. The van der Waals surface area contributed by atoms with E-state index < -0.39 is 11.6 Å². The summed E-state index contributed by atoms with van der Waals surface area (Å²) in [5, 5.41) is 0.431. The second-order valence-corrected chi connectivity index (χ2v) is 3.29. The molecule has 0 unspecified atom stereocenters. The van der Waals surface area contributed by atoms with Gasteiger partial charge in [-0.3, -0.25) is 4.79 Å². The molecule has 2 nitrogen and oxygen atoms in total. The lowest BCUT2D eigenvalue weighted by molar-refractivity contribution is 0.0990. The Hall–Kier alpha value is -1.71. The van der Waals surface area contributed by atoms with Gasteiger partial charge in [0.2, 0.25) is 0 Å². The Bertz CT molecular complexity index is 531. The van der Waals surface area contributed by atoms with Gasteiger partial charge in [-0.05, 0) is 6.07 Å². The lowest BCUT2D eigenvalue weighted by Crippen LogP contribution is -1.94. The second-order valence-electron chi connectivity index (χ2n) is 3.29. The molecular weight excluding hydrogens is 200 g/mol. The molecule has 0 spiro atoms. The van der Waals surface area contributed by atoms with Gasteiger partial charge in [-0.15, -0.1) is 0 Å². The van der Waals surface area contributed by atoms with Crippen molar-refractivity contribution in [3.05, 3.63) is 35.5 Å². The summed E-state index contributed by atoms with van der Waals surface area (Å²) in [4.78, 5) is 14.2. The van der Waals surface area contributed by atoms with E-state index in [9.17, 15) is 13.6 Å². The number of benzene rings is 1. The van der Waals surface area contributed by atoms with Crippen LogP contribution in [0, 0.1) is 11.6 Å². The molecule has 2 rings (SSSR count). The Kier molecular flexibility index (Phi) is 2.26. The molecule has 1 aromatic heterocycles. The monoisotopic (exact) mass is 209 g/mol. The molecule has 0 fully saturated rings. The minimum Gasteiger partial charge on any atom is -0.360 e. The van der Waals surface area contributed by atoms with Gasteiger partial charge in [0.15, 0.2) is 17.4 Å². The lowest BCUT2D eigenvalue weighted by Gasteiger charge is -1.96. The van der Waals surface area contributed by atoms with Gasteiger partial charge in [0.25, 0.3) is 0 Å². The second kappa shape index (κ2) is 3.46. The number of carbonyl (C=O) groups is 1. The van der Waals surface area contributed by atoms with Crippen LogP contribution < -0.4 is 0 Å². The summed E-state index contributed by atoms with van der Waals surface area (Å²) in [5.41, 5.74) is 0.845. The zero-order valence-electron chi connectivity index (χ0n) is 8.10. The Labute approximate surface area is 84.9 Å². The van der Waals surface area contributed by atoms with Gasteiger partial charge < -0.3 is 4.98 Å². The molecule has 0 aliphatic heterocycles. The van der Waals surface area contributed by atoms with Crippen molar-refractivity contribution in [1.82, 2.24) is 4.98 Å². The van der Waals surface area contributed by atoms with Gasteiger partial charge in [-0.2, -0.15) is 0 Å². The van der Waals surface area contributed by atoms with Crippen molar-refractivity contribution in [2.24, 2.45) is 0 Å². The van der Waals surface area contributed by atoms with E-state index in [1.54, 1.807) is 6.92 Å². The van der Waals surface area contributed by atoms with Crippen LogP contribution in [0.3, 0.4) is 0 Å². The Morgan fingerprint density at radius 1 is 1.33 bits per heavy atom. The smallest absolute Gasteiger partial charge is 0.164 e. The number of aromatic amines is 1. The first-order chi connectivity index (χ1) is 7.13. The minimum absolute atomic E-state index is 0.0905. The predicted octanol–water partition coefficient (Wildman–Crippen LogP) is 3.04. The van der Waals surface area contributed by atoms with Gasteiger partial charge in [0.1, 0.15) is 0 Å². The number of carbonyl (C=O) groups excluding carboxylic acids is 1. The van der Waals surface area contributed by atoms with Gasteiger partial charge in [0.05, 0.1) is 0 Å². The standard InChI is InChI=1S/C11H9F2NO/c1-2-11(15)7-5-14-10-4-9(13)8(12)3-6(7)10/h3-5,14H,2H2,1H3. The number of rotatable bonds is 2. The van der Waals surface area contributed by atoms with Crippen molar-refractivity contribution in [3.8, 4) is 0 Å². The van der Waals surface area contributed by atoms with Crippen LogP contribution in [0.1, 0.15) is 23.7 Å². The quantitative estimate of drug-likeness (QED) is 0.757. The van der Waals surface area contributed by atoms with Crippen LogP contribution in [-0.2, 0) is 0 Å². The van der Waals surface area contributed by atoms with Crippen molar-refractivity contribution in [2.45, 2.75) is 13.3 Å². The third kappa shape index (κ3) is 1.52. The van der Waals surface area contributed by atoms with Crippen LogP contribution in [0.2, 0.25) is 0 Å². The number of nitrogens with one attached hydrogen (secondary N) is 1. The highest BCUT2D eigenvalue weighted by molar-refractivity contribution is 6.07. The van der Waals surface area contributed by atoms with E-state index >= 15 is 0 Å².